The van der Waals surface area contributed by atoms with Crippen molar-refractivity contribution in [2.75, 3.05) is 0 Å². The maximum absolute atomic E-state index is 5.71. The molecule has 3 heterocycles. The number of benzene rings is 9. The molecule has 0 saturated heterocycles. The minimum atomic E-state index is 0.835. The van der Waals surface area contributed by atoms with Gasteiger partial charge in [-0.05, 0) is 84.9 Å². The second-order valence-electron chi connectivity index (χ2n) is 14.4. The zero-order valence-corrected chi connectivity index (χ0v) is 29.7. The molecule has 0 aliphatic rings. The van der Waals surface area contributed by atoms with Gasteiger partial charge in [-0.25, -0.2) is 9.97 Å². The quantitative estimate of drug-likeness (QED) is 0.168. The van der Waals surface area contributed by atoms with Crippen LogP contribution in [0.4, 0.5) is 0 Å². The highest BCUT2D eigenvalue weighted by Crippen LogP contribution is 2.49. The lowest BCUT2D eigenvalue weighted by atomic mass is 9.95. The van der Waals surface area contributed by atoms with Crippen LogP contribution < -0.4 is 0 Å². The van der Waals surface area contributed by atoms with Crippen LogP contribution in [-0.2, 0) is 0 Å². The fraction of sp³-hybridized carbons (Fsp3) is 0. The Kier molecular flexibility index (Phi) is 5.51. The molecule has 0 bridgehead atoms. The van der Waals surface area contributed by atoms with Crippen LogP contribution in [0.25, 0.3) is 124 Å². The molecule has 0 radical (unpaired) electrons. The molecule has 13 rings (SSSR count). The second-order valence-corrected chi connectivity index (χ2v) is 15.5. The van der Waals surface area contributed by atoms with Crippen molar-refractivity contribution in [1.82, 2.24) is 14.5 Å². The number of hydrogen-bond acceptors (Lipinski definition) is 3. The van der Waals surface area contributed by atoms with Crippen LogP contribution in [0.15, 0.2) is 164 Å². The Morgan fingerprint density at radius 1 is 0.389 bits per heavy atom. The van der Waals surface area contributed by atoms with E-state index in [2.05, 4.69) is 168 Å². The van der Waals surface area contributed by atoms with E-state index in [0.29, 0.717) is 0 Å². The second kappa shape index (κ2) is 10.4. The molecular formula is C50H27N3S. The summed E-state index contributed by atoms with van der Waals surface area (Å²) < 4.78 is 5.02. The molecule has 0 atom stereocenters. The van der Waals surface area contributed by atoms with Gasteiger partial charge in [-0.3, -0.25) is 4.57 Å². The van der Waals surface area contributed by atoms with Crippen molar-refractivity contribution in [2.24, 2.45) is 0 Å². The highest BCUT2D eigenvalue weighted by molar-refractivity contribution is 7.26. The third-order valence-electron chi connectivity index (χ3n) is 11.7. The van der Waals surface area contributed by atoms with Crippen LogP contribution in [0.3, 0.4) is 0 Å². The van der Waals surface area contributed by atoms with E-state index >= 15 is 0 Å². The standard InChI is InChI=1S/C50H27N3S/c1-4-14-31-28(11-1)23-24-39-48(31)52-49(38-27-29-12-2-3-13-30(29)32-15-5-8-18-35(32)38)50(51-39)53-40-21-9-19-36-33-16-6-7-17-34(33)37-20-10-22-42-45(37)47-43(54-42)26-25-41(53)46(47)44(36)40/h1-27H. The lowest BCUT2D eigenvalue weighted by Crippen LogP contribution is -2.04. The highest BCUT2D eigenvalue weighted by atomic mass is 32.1. The van der Waals surface area contributed by atoms with Crippen LogP contribution >= 0.6 is 11.3 Å². The van der Waals surface area contributed by atoms with Gasteiger partial charge < -0.3 is 0 Å². The maximum Gasteiger partial charge on any atom is 0.165 e. The van der Waals surface area contributed by atoms with E-state index in [-0.39, 0.29) is 0 Å². The molecule has 10 aromatic carbocycles. The zero-order valence-electron chi connectivity index (χ0n) is 28.8. The first kappa shape index (κ1) is 28.7. The highest BCUT2D eigenvalue weighted by Gasteiger charge is 2.25. The maximum atomic E-state index is 5.71. The molecule has 0 aliphatic carbocycles. The first-order valence-corrected chi connectivity index (χ1v) is 19.2. The monoisotopic (exact) mass is 701 g/mol. The Morgan fingerprint density at radius 3 is 1.81 bits per heavy atom. The van der Waals surface area contributed by atoms with Gasteiger partial charge in [0.05, 0.1) is 22.1 Å². The van der Waals surface area contributed by atoms with E-state index in [0.717, 1.165) is 55.3 Å². The average Bonchev–Trinajstić information content (AvgIpc) is 3.78. The Bertz CT molecular complexity index is 3740. The molecule has 0 saturated carbocycles. The van der Waals surface area contributed by atoms with Crippen LogP contribution in [-0.4, -0.2) is 14.5 Å². The zero-order chi connectivity index (χ0) is 35.1. The van der Waals surface area contributed by atoms with Crippen molar-refractivity contribution >= 4 is 118 Å². The topological polar surface area (TPSA) is 30.7 Å². The van der Waals surface area contributed by atoms with Gasteiger partial charge in [-0.2, -0.15) is 0 Å². The number of hydrogen-bond donors (Lipinski definition) is 0. The van der Waals surface area contributed by atoms with Crippen LogP contribution in [0.5, 0.6) is 0 Å². The SMILES string of the molecule is c1ccc2c(c1)cc(-c1nc3c(ccc4ccccc43)nc1-n1c3cccc4c5ccccc5c5cccc6sc7ccc1c(c7c65)c43)c1ccccc12. The van der Waals surface area contributed by atoms with E-state index in [4.69, 9.17) is 9.97 Å². The number of thiophene rings is 1. The fourth-order valence-corrected chi connectivity index (χ4v) is 10.6. The van der Waals surface area contributed by atoms with Crippen molar-refractivity contribution in [2.45, 2.75) is 0 Å². The van der Waals surface area contributed by atoms with Gasteiger partial charge in [-0.15, -0.1) is 11.3 Å². The average molecular weight is 702 g/mol. The van der Waals surface area contributed by atoms with E-state index < -0.39 is 0 Å². The third kappa shape index (κ3) is 3.65. The van der Waals surface area contributed by atoms with Crippen molar-refractivity contribution in [3.05, 3.63) is 164 Å². The first-order chi connectivity index (χ1) is 26.8. The van der Waals surface area contributed by atoms with Crippen LogP contribution in [0, 0.1) is 0 Å². The molecule has 0 spiro atoms. The lowest BCUT2D eigenvalue weighted by Gasteiger charge is -2.17. The first-order valence-electron chi connectivity index (χ1n) is 18.4. The Morgan fingerprint density at radius 2 is 1.00 bits per heavy atom. The third-order valence-corrected chi connectivity index (χ3v) is 12.8. The van der Waals surface area contributed by atoms with Gasteiger partial charge in [0.1, 0.15) is 5.69 Å². The Labute approximate surface area is 312 Å². The summed E-state index contributed by atoms with van der Waals surface area (Å²) in [6, 6.07) is 59.7. The van der Waals surface area contributed by atoms with E-state index in [1.54, 1.807) is 0 Å². The fourth-order valence-electron chi connectivity index (χ4n) is 9.45. The van der Waals surface area contributed by atoms with E-state index in [9.17, 15) is 0 Å². The van der Waals surface area contributed by atoms with Gasteiger partial charge in [0, 0.05) is 41.9 Å². The molecule has 0 aliphatic heterocycles. The summed E-state index contributed by atoms with van der Waals surface area (Å²) in [5.41, 5.74) is 6.00. The lowest BCUT2D eigenvalue weighted by molar-refractivity contribution is 1.08. The summed E-state index contributed by atoms with van der Waals surface area (Å²) in [5.74, 6) is 0.835. The molecule has 3 nitrogen and oxygen atoms in total. The van der Waals surface area contributed by atoms with E-state index in [1.807, 2.05) is 11.3 Å². The summed E-state index contributed by atoms with van der Waals surface area (Å²) in [7, 11) is 0. The van der Waals surface area contributed by atoms with Crippen molar-refractivity contribution in [1.29, 1.82) is 0 Å². The van der Waals surface area contributed by atoms with Crippen molar-refractivity contribution in [3.8, 4) is 17.1 Å². The minimum Gasteiger partial charge on any atom is -0.292 e. The van der Waals surface area contributed by atoms with E-state index in [1.165, 1.54) is 68.6 Å². The van der Waals surface area contributed by atoms with Gasteiger partial charge in [0.2, 0.25) is 0 Å². The Balaban J connectivity index is 1.29. The molecule has 13 aromatic rings. The van der Waals surface area contributed by atoms with Crippen molar-refractivity contribution in [3.63, 3.8) is 0 Å². The summed E-state index contributed by atoms with van der Waals surface area (Å²) in [6.45, 7) is 0. The van der Waals surface area contributed by atoms with Gasteiger partial charge in [0.25, 0.3) is 0 Å². The summed E-state index contributed by atoms with van der Waals surface area (Å²) >= 11 is 1.89. The molecule has 0 N–H and O–H groups in total. The largest absolute Gasteiger partial charge is 0.292 e. The number of rotatable bonds is 2. The molecule has 4 heteroatoms. The molecule has 0 unspecified atom stereocenters. The van der Waals surface area contributed by atoms with Crippen molar-refractivity contribution < 1.29 is 0 Å². The summed E-state index contributed by atoms with van der Waals surface area (Å²) in [4.78, 5) is 11.4. The number of nitrogens with zero attached hydrogens (tertiary/aromatic N) is 3. The summed E-state index contributed by atoms with van der Waals surface area (Å²) in [5, 5.41) is 17.3. The smallest absolute Gasteiger partial charge is 0.165 e. The normalized spacial score (nSPS) is 12.4. The molecule has 54 heavy (non-hydrogen) atoms. The predicted molar refractivity (Wildman–Crippen MR) is 231 cm³/mol. The molecule has 0 fully saturated rings. The Hall–Kier alpha value is -6.88. The molecular weight excluding hydrogens is 675 g/mol. The van der Waals surface area contributed by atoms with Gasteiger partial charge in [-0.1, -0.05) is 127 Å². The van der Waals surface area contributed by atoms with Gasteiger partial charge >= 0.3 is 0 Å². The van der Waals surface area contributed by atoms with Crippen LogP contribution in [0.2, 0.25) is 0 Å². The molecule has 248 valence electrons. The summed E-state index contributed by atoms with van der Waals surface area (Å²) in [6.07, 6.45) is 0. The molecule has 3 aromatic heterocycles. The van der Waals surface area contributed by atoms with Crippen LogP contribution in [0.1, 0.15) is 0 Å². The number of fused-ring (bicyclic) bond motifs is 9. The van der Waals surface area contributed by atoms with Gasteiger partial charge in [0.15, 0.2) is 5.82 Å². The minimum absolute atomic E-state index is 0.835. The molecule has 0 amide bonds. The number of aromatic nitrogens is 3. The predicted octanol–water partition coefficient (Wildman–Crippen LogP) is 14.0.